The summed E-state index contributed by atoms with van der Waals surface area (Å²) in [6.45, 7) is 0.327. The normalized spacial score (nSPS) is 12.7. The van der Waals surface area contributed by atoms with Crippen molar-refractivity contribution >= 4 is 22.6 Å². The smallest absolute Gasteiger partial charge is 0.262 e. The van der Waals surface area contributed by atoms with E-state index >= 15 is 0 Å². The molecule has 0 aliphatic heterocycles. The molecule has 0 fully saturated rings. The molecule has 3 rings (SSSR count). The topological polar surface area (TPSA) is 90.0 Å². The van der Waals surface area contributed by atoms with Gasteiger partial charge in [0.1, 0.15) is 6.61 Å². The number of imidazole rings is 1. The minimum atomic E-state index is -0.165. The van der Waals surface area contributed by atoms with Gasteiger partial charge in [0.15, 0.2) is 5.58 Å². The molecule has 20 heavy (non-hydrogen) atoms. The molecule has 7 heteroatoms. The van der Waals surface area contributed by atoms with Crippen molar-refractivity contribution in [1.82, 2.24) is 15.1 Å². The highest BCUT2D eigenvalue weighted by atomic mass is 35.5. The summed E-state index contributed by atoms with van der Waals surface area (Å²) in [4.78, 5) is 6.94. The molecule has 0 saturated heterocycles. The Morgan fingerprint density at radius 3 is 3.15 bits per heavy atom. The maximum Gasteiger partial charge on any atom is 0.262 e. The largest absolute Gasteiger partial charge is 0.473 e. The first-order chi connectivity index (χ1) is 9.72. The lowest BCUT2D eigenvalue weighted by molar-refractivity contribution is 0.261. The number of nitrogens with two attached hydrogens (primary N) is 1. The molecule has 6 nitrogen and oxygen atoms in total. The van der Waals surface area contributed by atoms with Gasteiger partial charge in [-0.1, -0.05) is 11.6 Å². The third-order valence-electron chi connectivity index (χ3n) is 2.87. The van der Waals surface area contributed by atoms with Gasteiger partial charge in [-0.3, -0.25) is 0 Å². The fourth-order valence-corrected chi connectivity index (χ4v) is 2.09. The summed E-state index contributed by atoms with van der Waals surface area (Å²) >= 11 is 5.94. The highest BCUT2D eigenvalue weighted by Crippen LogP contribution is 2.27. The molecule has 0 amide bonds. The van der Waals surface area contributed by atoms with Crippen molar-refractivity contribution in [2.24, 2.45) is 5.73 Å². The van der Waals surface area contributed by atoms with E-state index in [2.05, 4.69) is 15.1 Å². The van der Waals surface area contributed by atoms with E-state index in [1.165, 1.54) is 0 Å². The zero-order valence-corrected chi connectivity index (χ0v) is 11.3. The van der Waals surface area contributed by atoms with Crippen LogP contribution in [0.5, 0.6) is 5.88 Å². The lowest BCUT2D eigenvalue weighted by Crippen LogP contribution is -2.30. The minimum Gasteiger partial charge on any atom is -0.473 e. The predicted molar refractivity (Wildman–Crippen MR) is 74.8 cm³/mol. The summed E-state index contributed by atoms with van der Waals surface area (Å²) in [5.74, 6) is 0.405. The van der Waals surface area contributed by atoms with Crippen LogP contribution in [0.1, 0.15) is 5.69 Å². The van der Waals surface area contributed by atoms with Crippen LogP contribution in [-0.4, -0.2) is 27.8 Å². The first-order valence-electron chi connectivity index (χ1n) is 6.13. The van der Waals surface area contributed by atoms with Crippen LogP contribution in [-0.2, 0) is 6.42 Å². The molecular formula is C13H13ClN4O2. The van der Waals surface area contributed by atoms with Gasteiger partial charge < -0.3 is 20.0 Å². The summed E-state index contributed by atoms with van der Waals surface area (Å²) in [7, 11) is 0. The number of H-pyrrole nitrogens is 1. The molecule has 0 bridgehead atoms. The van der Waals surface area contributed by atoms with Crippen LogP contribution in [0.4, 0.5) is 0 Å². The molecule has 0 radical (unpaired) electrons. The zero-order valence-electron chi connectivity index (χ0n) is 10.5. The maximum atomic E-state index is 6.00. The third-order valence-corrected chi connectivity index (χ3v) is 3.11. The second-order valence-electron chi connectivity index (χ2n) is 4.48. The van der Waals surface area contributed by atoms with Gasteiger partial charge in [0.25, 0.3) is 5.88 Å². The first kappa shape index (κ1) is 13.0. The Kier molecular flexibility index (Phi) is 3.58. The average molecular weight is 293 g/mol. The van der Waals surface area contributed by atoms with E-state index in [-0.39, 0.29) is 6.04 Å². The van der Waals surface area contributed by atoms with E-state index < -0.39 is 0 Å². The third kappa shape index (κ3) is 2.76. The van der Waals surface area contributed by atoms with E-state index in [1.807, 2.05) is 0 Å². The van der Waals surface area contributed by atoms with Crippen LogP contribution in [0.2, 0.25) is 5.02 Å². The first-order valence-corrected chi connectivity index (χ1v) is 6.51. The lowest BCUT2D eigenvalue weighted by Gasteiger charge is -2.10. The molecule has 3 N–H and O–H groups in total. The van der Waals surface area contributed by atoms with Gasteiger partial charge >= 0.3 is 0 Å². The summed E-state index contributed by atoms with van der Waals surface area (Å²) < 4.78 is 10.8. The molecule has 0 spiro atoms. The van der Waals surface area contributed by atoms with Crippen molar-refractivity contribution in [3.63, 3.8) is 0 Å². The Labute approximate surface area is 119 Å². The van der Waals surface area contributed by atoms with Crippen LogP contribution in [0.25, 0.3) is 11.0 Å². The van der Waals surface area contributed by atoms with E-state index in [0.717, 1.165) is 11.1 Å². The highest BCUT2D eigenvalue weighted by molar-refractivity contribution is 6.31. The monoisotopic (exact) mass is 292 g/mol. The van der Waals surface area contributed by atoms with Gasteiger partial charge in [0, 0.05) is 29.4 Å². The molecule has 0 saturated carbocycles. The fraction of sp³-hybridized carbons (Fsp3) is 0.231. The average Bonchev–Trinajstić information content (AvgIpc) is 3.05. The number of rotatable bonds is 5. The van der Waals surface area contributed by atoms with Gasteiger partial charge in [0.05, 0.1) is 11.7 Å². The van der Waals surface area contributed by atoms with Crippen molar-refractivity contribution in [3.8, 4) is 5.88 Å². The van der Waals surface area contributed by atoms with Gasteiger partial charge in [-0.05, 0) is 23.4 Å². The summed E-state index contributed by atoms with van der Waals surface area (Å²) in [6.07, 6.45) is 4.01. The number of ether oxygens (including phenoxy) is 1. The van der Waals surface area contributed by atoms with Gasteiger partial charge in [0.2, 0.25) is 0 Å². The van der Waals surface area contributed by atoms with Gasteiger partial charge in [-0.2, -0.15) is 0 Å². The van der Waals surface area contributed by atoms with Crippen LogP contribution in [0, 0.1) is 0 Å². The van der Waals surface area contributed by atoms with E-state index in [1.54, 1.807) is 30.7 Å². The van der Waals surface area contributed by atoms with E-state index in [4.69, 9.17) is 26.6 Å². The number of aromatic amines is 1. The Morgan fingerprint density at radius 2 is 2.35 bits per heavy atom. The minimum absolute atomic E-state index is 0.165. The molecule has 3 aromatic rings. The molecule has 1 atom stereocenters. The van der Waals surface area contributed by atoms with Crippen molar-refractivity contribution in [2.75, 3.05) is 6.61 Å². The molecule has 0 aliphatic rings. The van der Waals surface area contributed by atoms with Crippen molar-refractivity contribution < 1.29 is 9.26 Å². The Hall–Kier alpha value is -2.05. The van der Waals surface area contributed by atoms with Crippen LogP contribution < -0.4 is 10.5 Å². The SMILES string of the molecule is NC(COc1noc2ccc(Cl)cc12)Cc1cnc[nH]1. The second kappa shape index (κ2) is 5.52. The van der Waals surface area contributed by atoms with Gasteiger partial charge in [-0.15, -0.1) is 0 Å². The number of fused-ring (bicyclic) bond motifs is 1. The van der Waals surface area contributed by atoms with Crippen molar-refractivity contribution in [2.45, 2.75) is 12.5 Å². The molecule has 1 unspecified atom stereocenters. The number of hydrogen-bond acceptors (Lipinski definition) is 5. The standard InChI is InChI=1S/C13H13ClN4O2/c14-8-1-2-12-11(3-8)13(18-20-12)19-6-9(15)4-10-5-16-7-17-10/h1-3,5,7,9H,4,6,15H2,(H,16,17). The van der Waals surface area contributed by atoms with Crippen LogP contribution in [0.15, 0.2) is 35.2 Å². The van der Waals surface area contributed by atoms with E-state index in [9.17, 15) is 0 Å². The molecule has 2 heterocycles. The van der Waals surface area contributed by atoms with Crippen LogP contribution >= 0.6 is 11.6 Å². The second-order valence-corrected chi connectivity index (χ2v) is 4.92. The molecule has 104 valence electrons. The van der Waals surface area contributed by atoms with Crippen LogP contribution in [0.3, 0.4) is 0 Å². The molecule has 2 aromatic heterocycles. The summed E-state index contributed by atoms with van der Waals surface area (Å²) in [5.41, 5.74) is 7.60. The Morgan fingerprint density at radius 1 is 1.45 bits per heavy atom. The Bertz CT molecular complexity index is 696. The Balaban J connectivity index is 1.66. The lowest BCUT2D eigenvalue weighted by atomic mass is 10.2. The predicted octanol–water partition coefficient (Wildman–Crippen LogP) is 2.15. The number of hydrogen-bond donors (Lipinski definition) is 2. The quantitative estimate of drug-likeness (QED) is 0.752. The number of halogens is 1. The highest BCUT2D eigenvalue weighted by Gasteiger charge is 2.12. The zero-order chi connectivity index (χ0) is 13.9. The molecule has 1 aromatic carbocycles. The summed E-state index contributed by atoms with van der Waals surface area (Å²) in [6, 6.07) is 5.08. The van der Waals surface area contributed by atoms with E-state index in [0.29, 0.717) is 29.5 Å². The van der Waals surface area contributed by atoms with Crippen molar-refractivity contribution in [3.05, 3.63) is 41.4 Å². The van der Waals surface area contributed by atoms with Crippen molar-refractivity contribution in [1.29, 1.82) is 0 Å². The molecule has 0 aliphatic carbocycles. The molecular weight excluding hydrogens is 280 g/mol. The fourth-order valence-electron chi connectivity index (χ4n) is 1.92. The number of nitrogens with zero attached hydrogens (tertiary/aromatic N) is 2. The number of aromatic nitrogens is 3. The van der Waals surface area contributed by atoms with Gasteiger partial charge in [-0.25, -0.2) is 4.98 Å². The number of nitrogens with one attached hydrogen (secondary N) is 1. The summed E-state index contributed by atoms with van der Waals surface area (Å²) in [5, 5.41) is 5.22. The maximum absolute atomic E-state index is 6.00. The number of benzene rings is 1.